The van der Waals surface area contributed by atoms with Crippen molar-refractivity contribution in [2.45, 2.75) is 50.9 Å². The van der Waals surface area contributed by atoms with Crippen LogP contribution in [0.1, 0.15) is 38.7 Å². The van der Waals surface area contributed by atoms with Crippen LogP contribution in [0, 0.1) is 5.92 Å². The van der Waals surface area contributed by atoms with Gasteiger partial charge in [0.05, 0.1) is 6.26 Å². The second-order valence-electron chi connectivity index (χ2n) is 8.17. The fourth-order valence-electron chi connectivity index (χ4n) is 4.29. The molecule has 0 aliphatic carbocycles. The second kappa shape index (κ2) is 11.7. The third kappa shape index (κ3) is 8.34. The van der Waals surface area contributed by atoms with E-state index in [0.29, 0.717) is 18.7 Å². The molecule has 10 heteroatoms. The number of sulfone groups is 1. The fraction of sp³-hybridized carbons (Fsp3) is 0.700. The molecule has 2 atom stereocenters. The Morgan fingerprint density at radius 2 is 1.80 bits per heavy atom. The molecule has 174 valence electrons. The van der Waals surface area contributed by atoms with E-state index in [0.717, 1.165) is 44.2 Å². The fourth-order valence-corrected chi connectivity index (χ4v) is 6.62. The Labute approximate surface area is 188 Å². The number of sulfonamides is 1. The highest BCUT2D eigenvalue weighted by Gasteiger charge is 2.37. The minimum Gasteiger partial charge on any atom is -0.317 e. The number of anilines is 1. The van der Waals surface area contributed by atoms with Crippen molar-refractivity contribution in [3.8, 4) is 0 Å². The highest BCUT2D eigenvalue weighted by Crippen LogP contribution is 2.28. The lowest BCUT2D eigenvalue weighted by Gasteiger charge is -2.41. The largest absolute Gasteiger partial charge is 0.317 e. The molecule has 0 spiro atoms. The Hall–Kier alpha value is -0.870. The molecular formula is C20H36ClN3O4S2. The Bertz CT molecular complexity index is 872. The zero-order chi connectivity index (χ0) is 21.7. The van der Waals surface area contributed by atoms with Crippen LogP contribution >= 0.6 is 12.4 Å². The van der Waals surface area contributed by atoms with E-state index in [-0.39, 0.29) is 24.4 Å². The molecule has 2 N–H and O–H groups in total. The van der Waals surface area contributed by atoms with Gasteiger partial charge in [-0.3, -0.25) is 9.62 Å². The highest BCUT2D eigenvalue weighted by molar-refractivity contribution is 7.92. The normalized spacial score (nSPS) is 17.9. The first-order chi connectivity index (χ1) is 13.5. The monoisotopic (exact) mass is 481 g/mol. The van der Waals surface area contributed by atoms with Gasteiger partial charge in [-0.15, -0.1) is 12.4 Å². The maximum Gasteiger partial charge on any atom is 0.229 e. The summed E-state index contributed by atoms with van der Waals surface area (Å²) in [5, 5.41) is 2.83. The standard InChI is InChI=1S/C20H35N3O4S2.ClH/c1-5-13-23(20(28(3,24)25)18-9-11-21-12-10-18)16(2)14-17-7-6-8-19(15-17)22-29(4,26)27;/h6-8,15-16,18,20-22H,5,9-14H2,1-4H3;1H. The lowest BCUT2D eigenvalue weighted by molar-refractivity contribution is 0.131. The maximum absolute atomic E-state index is 12.8. The molecule has 0 radical (unpaired) electrons. The van der Waals surface area contributed by atoms with Gasteiger partial charge in [0.15, 0.2) is 9.84 Å². The quantitative estimate of drug-likeness (QED) is 0.533. The number of hydrogen-bond donors (Lipinski definition) is 2. The van der Waals surface area contributed by atoms with Crippen molar-refractivity contribution in [1.82, 2.24) is 10.2 Å². The van der Waals surface area contributed by atoms with E-state index in [9.17, 15) is 16.8 Å². The van der Waals surface area contributed by atoms with Crippen molar-refractivity contribution in [3.63, 3.8) is 0 Å². The molecule has 1 heterocycles. The SMILES string of the molecule is CCCN(C(C)Cc1cccc(NS(C)(=O)=O)c1)C(C1CCNCC1)S(C)(=O)=O.Cl. The topological polar surface area (TPSA) is 95.6 Å². The van der Waals surface area contributed by atoms with Gasteiger partial charge in [0.25, 0.3) is 0 Å². The van der Waals surface area contributed by atoms with Crippen molar-refractivity contribution in [1.29, 1.82) is 0 Å². The maximum atomic E-state index is 12.8. The molecule has 0 aromatic heterocycles. The van der Waals surface area contributed by atoms with Crippen molar-refractivity contribution in [2.75, 3.05) is 36.9 Å². The summed E-state index contributed by atoms with van der Waals surface area (Å²) in [6, 6.07) is 7.32. The summed E-state index contributed by atoms with van der Waals surface area (Å²) in [6.45, 7) is 6.54. The first-order valence-electron chi connectivity index (χ1n) is 10.2. The van der Waals surface area contributed by atoms with Gasteiger partial charge in [-0.25, -0.2) is 16.8 Å². The van der Waals surface area contributed by atoms with Crippen molar-refractivity contribution < 1.29 is 16.8 Å². The van der Waals surface area contributed by atoms with Crippen LogP contribution in [0.25, 0.3) is 0 Å². The van der Waals surface area contributed by atoms with E-state index in [2.05, 4.69) is 28.8 Å². The van der Waals surface area contributed by atoms with Crippen LogP contribution in [0.15, 0.2) is 24.3 Å². The summed E-state index contributed by atoms with van der Waals surface area (Å²) in [7, 11) is -6.59. The Kier molecular flexibility index (Phi) is 10.6. The molecule has 0 amide bonds. The molecule has 30 heavy (non-hydrogen) atoms. The van der Waals surface area contributed by atoms with Crippen molar-refractivity contribution >= 4 is 38.0 Å². The van der Waals surface area contributed by atoms with Gasteiger partial charge < -0.3 is 5.32 Å². The third-order valence-electron chi connectivity index (χ3n) is 5.36. The van der Waals surface area contributed by atoms with Crippen LogP contribution in [0.5, 0.6) is 0 Å². The molecule has 7 nitrogen and oxygen atoms in total. The average Bonchev–Trinajstić information content (AvgIpc) is 2.60. The number of nitrogens with zero attached hydrogens (tertiary/aromatic N) is 1. The number of halogens is 1. The minimum absolute atomic E-state index is 0. The molecule has 1 aliphatic heterocycles. The first-order valence-corrected chi connectivity index (χ1v) is 14.1. The second-order valence-corrected chi connectivity index (χ2v) is 12.1. The van der Waals surface area contributed by atoms with E-state index < -0.39 is 25.2 Å². The molecule has 2 unspecified atom stereocenters. The van der Waals surface area contributed by atoms with E-state index in [1.165, 1.54) is 6.26 Å². The van der Waals surface area contributed by atoms with E-state index in [4.69, 9.17) is 0 Å². The van der Waals surface area contributed by atoms with Crippen LogP contribution in [-0.4, -0.2) is 65.3 Å². The number of nitrogens with one attached hydrogen (secondary N) is 2. The van der Waals surface area contributed by atoms with Crippen LogP contribution in [0.4, 0.5) is 5.69 Å². The first kappa shape index (κ1) is 27.2. The van der Waals surface area contributed by atoms with Crippen LogP contribution in [0.3, 0.4) is 0 Å². The van der Waals surface area contributed by atoms with Gasteiger partial charge in [-0.2, -0.15) is 0 Å². The summed E-state index contributed by atoms with van der Waals surface area (Å²) in [6.07, 6.45) is 5.72. The summed E-state index contributed by atoms with van der Waals surface area (Å²) in [5.41, 5.74) is 1.50. The zero-order valence-electron chi connectivity index (χ0n) is 18.3. The number of benzene rings is 1. The van der Waals surface area contributed by atoms with Crippen LogP contribution in [-0.2, 0) is 26.3 Å². The van der Waals surface area contributed by atoms with E-state index in [1.807, 2.05) is 18.2 Å². The lowest BCUT2D eigenvalue weighted by atomic mass is 9.95. The van der Waals surface area contributed by atoms with Gasteiger partial charge in [0.2, 0.25) is 10.0 Å². The number of piperidine rings is 1. The van der Waals surface area contributed by atoms with Gasteiger partial charge >= 0.3 is 0 Å². The predicted octanol–water partition coefficient (Wildman–Crippen LogP) is 2.49. The molecule has 1 saturated heterocycles. The Morgan fingerprint density at radius 1 is 1.17 bits per heavy atom. The summed E-state index contributed by atoms with van der Waals surface area (Å²) >= 11 is 0. The van der Waals surface area contributed by atoms with Crippen molar-refractivity contribution in [2.24, 2.45) is 5.92 Å². The minimum atomic E-state index is -3.34. The smallest absolute Gasteiger partial charge is 0.229 e. The summed E-state index contributed by atoms with van der Waals surface area (Å²) < 4.78 is 51.1. The lowest BCUT2D eigenvalue weighted by Crippen LogP contribution is -2.52. The molecule has 1 aromatic carbocycles. The molecule has 1 fully saturated rings. The predicted molar refractivity (Wildman–Crippen MR) is 127 cm³/mol. The zero-order valence-corrected chi connectivity index (χ0v) is 20.7. The average molecular weight is 482 g/mol. The Morgan fingerprint density at radius 3 is 2.33 bits per heavy atom. The number of hydrogen-bond acceptors (Lipinski definition) is 6. The molecule has 2 rings (SSSR count). The molecule has 0 bridgehead atoms. The van der Waals surface area contributed by atoms with Crippen LogP contribution < -0.4 is 10.0 Å². The summed E-state index contributed by atoms with van der Waals surface area (Å²) in [5.74, 6) is 0.124. The van der Waals surface area contributed by atoms with Crippen LogP contribution in [0.2, 0.25) is 0 Å². The molecule has 1 aromatic rings. The third-order valence-corrected chi connectivity index (χ3v) is 7.50. The Balaban J connectivity index is 0.00000450. The van der Waals surface area contributed by atoms with E-state index >= 15 is 0 Å². The van der Waals surface area contributed by atoms with Crippen molar-refractivity contribution in [3.05, 3.63) is 29.8 Å². The molecular weight excluding hydrogens is 446 g/mol. The number of rotatable bonds is 10. The summed E-state index contributed by atoms with van der Waals surface area (Å²) in [4.78, 5) is 2.14. The van der Waals surface area contributed by atoms with E-state index in [1.54, 1.807) is 6.07 Å². The van der Waals surface area contributed by atoms with Gasteiger partial charge in [-0.1, -0.05) is 19.1 Å². The highest BCUT2D eigenvalue weighted by atomic mass is 35.5. The van der Waals surface area contributed by atoms with Gasteiger partial charge in [0, 0.05) is 18.0 Å². The van der Waals surface area contributed by atoms with Gasteiger partial charge in [-0.05, 0) is 75.9 Å². The molecule has 1 aliphatic rings. The van der Waals surface area contributed by atoms with Gasteiger partial charge in [0.1, 0.15) is 5.37 Å². The molecule has 0 saturated carbocycles.